The Morgan fingerprint density at radius 1 is 1.10 bits per heavy atom. The molecule has 3 heteroatoms. The first kappa shape index (κ1) is 14.4. The van der Waals surface area contributed by atoms with Gasteiger partial charge in [0.15, 0.2) is 0 Å². The number of ether oxygens (including phenoxy) is 2. The molecule has 2 rings (SSSR count). The summed E-state index contributed by atoms with van der Waals surface area (Å²) in [5, 5.41) is 2.15. The predicted octanol–water partition coefficient (Wildman–Crippen LogP) is 4.07. The molecule has 0 amide bonds. The molecule has 0 aliphatic carbocycles. The van der Waals surface area contributed by atoms with E-state index in [1.165, 1.54) is 6.92 Å². The zero-order chi connectivity index (χ0) is 14.9. The minimum atomic E-state index is -0.302. The van der Waals surface area contributed by atoms with Crippen LogP contribution in [-0.2, 0) is 10.2 Å². The first-order valence-electron chi connectivity index (χ1n) is 6.62. The second kappa shape index (κ2) is 5.16. The number of fused-ring (bicyclic) bond motifs is 1. The summed E-state index contributed by atoms with van der Waals surface area (Å²) in [4.78, 5) is 11.3. The van der Waals surface area contributed by atoms with E-state index in [1.807, 2.05) is 30.3 Å². The van der Waals surface area contributed by atoms with Crippen molar-refractivity contribution in [2.24, 2.45) is 0 Å². The molecular formula is C17H20O3. The zero-order valence-electron chi connectivity index (χ0n) is 12.6. The maximum absolute atomic E-state index is 11.3. The van der Waals surface area contributed by atoms with Crippen molar-refractivity contribution in [2.75, 3.05) is 7.11 Å². The second-order valence-electron chi connectivity index (χ2n) is 5.87. The average Bonchev–Trinajstić information content (AvgIpc) is 2.35. The third-order valence-electron chi connectivity index (χ3n) is 3.19. The van der Waals surface area contributed by atoms with E-state index in [4.69, 9.17) is 9.47 Å². The van der Waals surface area contributed by atoms with Crippen molar-refractivity contribution in [3.05, 3.63) is 35.9 Å². The fourth-order valence-corrected chi connectivity index (χ4v) is 2.43. The Kier molecular flexibility index (Phi) is 3.71. The molecule has 2 aromatic carbocycles. The van der Waals surface area contributed by atoms with Crippen LogP contribution in [-0.4, -0.2) is 13.1 Å². The first-order valence-corrected chi connectivity index (χ1v) is 6.62. The number of methoxy groups -OCH3 is 1. The van der Waals surface area contributed by atoms with Gasteiger partial charge in [-0.15, -0.1) is 0 Å². The maximum Gasteiger partial charge on any atom is 0.308 e. The molecule has 0 spiro atoms. The molecule has 0 heterocycles. The lowest BCUT2D eigenvalue weighted by Gasteiger charge is -2.24. The van der Waals surface area contributed by atoms with Crippen molar-refractivity contribution in [3.8, 4) is 11.5 Å². The molecule has 0 saturated carbocycles. The highest BCUT2D eigenvalue weighted by Crippen LogP contribution is 2.38. The van der Waals surface area contributed by atoms with Gasteiger partial charge in [-0.3, -0.25) is 4.79 Å². The highest BCUT2D eigenvalue weighted by atomic mass is 16.5. The van der Waals surface area contributed by atoms with Crippen LogP contribution in [0.1, 0.15) is 33.3 Å². The van der Waals surface area contributed by atoms with Crippen LogP contribution in [0, 0.1) is 0 Å². The van der Waals surface area contributed by atoms with Gasteiger partial charge in [0.05, 0.1) is 7.11 Å². The summed E-state index contributed by atoms with van der Waals surface area (Å²) < 4.78 is 10.6. The molecule has 0 aromatic heterocycles. The summed E-state index contributed by atoms with van der Waals surface area (Å²) in [6.45, 7) is 7.75. The van der Waals surface area contributed by atoms with Crippen LogP contribution in [0.5, 0.6) is 11.5 Å². The van der Waals surface area contributed by atoms with Gasteiger partial charge >= 0.3 is 5.97 Å². The minimum absolute atomic E-state index is 0.126. The van der Waals surface area contributed by atoms with E-state index in [0.29, 0.717) is 5.75 Å². The van der Waals surface area contributed by atoms with E-state index in [-0.39, 0.29) is 11.4 Å². The molecule has 0 N–H and O–H groups in total. The lowest BCUT2D eigenvalue weighted by atomic mass is 9.83. The Hall–Kier alpha value is -2.03. The Morgan fingerprint density at radius 3 is 2.35 bits per heavy atom. The Bertz CT molecular complexity index is 651. The van der Waals surface area contributed by atoms with Crippen LogP contribution < -0.4 is 9.47 Å². The molecule has 3 nitrogen and oxygen atoms in total. The molecule has 0 unspecified atom stereocenters. The van der Waals surface area contributed by atoms with E-state index < -0.39 is 0 Å². The van der Waals surface area contributed by atoms with Crippen molar-refractivity contribution < 1.29 is 14.3 Å². The molecule has 0 atom stereocenters. The van der Waals surface area contributed by atoms with Gasteiger partial charge < -0.3 is 9.47 Å². The van der Waals surface area contributed by atoms with Gasteiger partial charge in [0, 0.05) is 12.5 Å². The molecule has 0 bridgehead atoms. The summed E-state index contributed by atoms with van der Waals surface area (Å²) in [5.74, 6) is 1.14. The van der Waals surface area contributed by atoms with Crippen LogP contribution in [0.2, 0.25) is 0 Å². The number of carbonyl (C=O) groups is 1. The molecule has 106 valence electrons. The van der Waals surface area contributed by atoms with Crippen molar-refractivity contribution in [1.82, 2.24) is 0 Å². The number of esters is 1. The Balaban J connectivity index is 2.73. The van der Waals surface area contributed by atoms with Gasteiger partial charge in [-0.1, -0.05) is 32.9 Å². The minimum Gasteiger partial charge on any atom is -0.497 e. The summed E-state index contributed by atoms with van der Waals surface area (Å²) in [7, 11) is 1.65. The van der Waals surface area contributed by atoms with Crippen LogP contribution in [0.4, 0.5) is 0 Å². The summed E-state index contributed by atoms with van der Waals surface area (Å²) in [5.41, 5.74) is 0.909. The summed E-state index contributed by atoms with van der Waals surface area (Å²) >= 11 is 0. The largest absolute Gasteiger partial charge is 0.497 e. The molecule has 0 aliphatic rings. The normalized spacial score (nSPS) is 11.4. The van der Waals surface area contributed by atoms with Crippen LogP contribution in [0.3, 0.4) is 0 Å². The third kappa shape index (κ3) is 2.77. The zero-order valence-corrected chi connectivity index (χ0v) is 12.6. The molecule has 2 aromatic rings. The van der Waals surface area contributed by atoms with E-state index in [1.54, 1.807) is 7.11 Å². The van der Waals surface area contributed by atoms with E-state index in [9.17, 15) is 4.79 Å². The fourth-order valence-electron chi connectivity index (χ4n) is 2.43. The summed E-state index contributed by atoms with van der Waals surface area (Å²) in [6.07, 6.45) is 0. The van der Waals surface area contributed by atoms with Crippen LogP contribution >= 0.6 is 0 Å². The lowest BCUT2D eigenvalue weighted by molar-refractivity contribution is -0.131. The number of carbonyl (C=O) groups excluding carboxylic acids is 1. The van der Waals surface area contributed by atoms with Gasteiger partial charge in [-0.05, 0) is 34.4 Å². The standard InChI is InChI=1S/C17H20O3/c1-11(18)20-15-9-6-12-10-13(19-5)7-8-14(12)16(15)17(2,3)4/h6-10H,1-5H3. The van der Waals surface area contributed by atoms with Crippen LogP contribution in [0.25, 0.3) is 10.8 Å². The van der Waals surface area contributed by atoms with Gasteiger partial charge in [-0.25, -0.2) is 0 Å². The Morgan fingerprint density at radius 2 is 1.80 bits per heavy atom. The smallest absolute Gasteiger partial charge is 0.308 e. The van der Waals surface area contributed by atoms with E-state index in [0.717, 1.165) is 22.1 Å². The molecule has 0 saturated heterocycles. The van der Waals surface area contributed by atoms with Crippen molar-refractivity contribution in [3.63, 3.8) is 0 Å². The van der Waals surface area contributed by atoms with Crippen LogP contribution in [0.15, 0.2) is 30.3 Å². The summed E-state index contributed by atoms with van der Waals surface area (Å²) in [6, 6.07) is 9.73. The lowest BCUT2D eigenvalue weighted by Crippen LogP contribution is -2.15. The van der Waals surface area contributed by atoms with Gasteiger partial charge in [0.1, 0.15) is 11.5 Å². The first-order chi connectivity index (χ1) is 9.32. The maximum atomic E-state index is 11.3. The molecular weight excluding hydrogens is 252 g/mol. The van der Waals surface area contributed by atoms with E-state index in [2.05, 4.69) is 20.8 Å². The third-order valence-corrected chi connectivity index (χ3v) is 3.19. The van der Waals surface area contributed by atoms with Crippen molar-refractivity contribution >= 4 is 16.7 Å². The van der Waals surface area contributed by atoms with Gasteiger partial charge in [0.2, 0.25) is 0 Å². The topological polar surface area (TPSA) is 35.5 Å². The number of rotatable bonds is 2. The quantitative estimate of drug-likeness (QED) is 0.610. The van der Waals surface area contributed by atoms with Crippen molar-refractivity contribution in [2.45, 2.75) is 33.1 Å². The fraction of sp³-hybridized carbons (Fsp3) is 0.353. The number of hydrogen-bond donors (Lipinski definition) is 0. The second-order valence-corrected chi connectivity index (χ2v) is 5.87. The highest BCUT2D eigenvalue weighted by Gasteiger charge is 2.23. The number of benzene rings is 2. The Labute approximate surface area is 119 Å². The molecule has 20 heavy (non-hydrogen) atoms. The molecule has 0 aliphatic heterocycles. The predicted molar refractivity (Wildman–Crippen MR) is 80.5 cm³/mol. The molecule has 0 fully saturated rings. The van der Waals surface area contributed by atoms with E-state index >= 15 is 0 Å². The SMILES string of the molecule is COc1ccc2c(C(C)(C)C)c(OC(C)=O)ccc2c1. The van der Waals surface area contributed by atoms with Gasteiger partial charge in [0.25, 0.3) is 0 Å². The number of hydrogen-bond acceptors (Lipinski definition) is 3. The van der Waals surface area contributed by atoms with Gasteiger partial charge in [-0.2, -0.15) is 0 Å². The average molecular weight is 272 g/mol. The molecule has 0 radical (unpaired) electrons. The highest BCUT2D eigenvalue weighted by molar-refractivity contribution is 5.90. The monoisotopic (exact) mass is 272 g/mol. The van der Waals surface area contributed by atoms with Crippen molar-refractivity contribution in [1.29, 1.82) is 0 Å².